The summed E-state index contributed by atoms with van der Waals surface area (Å²) < 4.78 is 28.2. The van der Waals surface area contributed by atoms with E-state index in [0.717, 1.165) is 11.0 Å². The number of amides is 1. The fourth-order valence-corrected chi connectivity index (χ4v) is 3.32. The van der Waals surface area contributed by atoms with Gasteiger partial charge in [-0.1, -0.05) is 24.3 Å². The number of fused-ring (bicyclic) bond motifs is 1. The monoisotopic (exact) mass is 356 g/mol. The van der Waals surface area contributed by atoms with Crippen LogP contribution in [0.5, 0.6) is 0 Å². The first kappa shape index (κ1) is 16.9. The van der Waals surface area contributed by atoms with Crippen molar-refractivity contribution in [3.05, 3.63) is 73.1 Å². The van der Waals surface area contributed by atoms with E-state index in [9.17, 15) is 13.2 Å². The lowest BCUT2D eigenvalue weighted by Crippen LogP contribution is -2.25. The van der Waals surface area contributed by atoms with Crippen LogP contribution in [0.15, 0.2) is 72.4 Å². The Morgan fingerprint density at radius 2 is 2.00 bits per heavy atom. The topological polar surface area (TPSA) is 93.1 Å². The summed E-state index contributed by atoms with van der Waals surface area (Å²) in [4.78, 5) is 16.7. The molecular weight excluding hydrogens is 340 g/mol. The second kappa shape index (κ2) is 6.88. The molecule has 25 heavy (non-hydrogen) atoms. The number of carbonyl (C=O) groups excluding carboxylic acids is 1. The summed E-state index contributed by atoms with van der Waals surface area (Å²) in [5, 5.41) is 0. The van der Waals surface area contributed by atoms with Gasteiger partial charge in [-0.25, -0.2) is 22.8 Å². The highest BCUT2D eigenvalue weighted by atomic mass is 32.2. The normalized spacial score (nSPS) is 11.4. The number of hydrogen-bond donors (Lipinski definition) is 2. The van der Waals surface area contributed by atoms with Crippen molar-refractivity contribution >= 4 is 27.0 Å². The Hall–Kier alpha value is -2.97. The smallest absolute Gasteiger partial charge is 0.267 e. The number of benzene rings is 2. The van der Waals surface area contributed by atoms with Crippen LogP contribution < -0.4 is 10.1 Å². The molecule has 2 N–H and O–H groups in total. The highest BCUT2D eigenvalue weighted by Gasteiger charge is 2.16. The lowest BCUT2D eigenvalue weighted by atomic mass is 10.2. The molecule has 1 heterocycles. The molecule has 0 fully saturated rings. The van der Waals surface area contributed by atoms with Gasteiger partial charge < -0.3 is 0 Å². The standard InChI is InChI=1S/C17H16N4O3S/c1-2-10-19-25(23,24)14-7-5-6-13(11-14)17(22)20-21-12-18-15-8-3-4-9-16(15)21/h2-9,11-12,19H,1,10H2,(H,20,22). The van der Waals surface area contributed by atoms with E-state index in [2.05, 4.69) is 21.7 Å². The number of nitrogens with zero attached hydrogens (tertiary/aromatic N) is 2. The van der Waals surface area contributed by atoms with E-state index in [0.29, 0.717) is 0 Å². The highest BCUT2D eigenvalue weighted by molar-refractivity contribution is 7.89. The van der Waals surface area contributed by atoms with E-state index in [1.165, 1.54) is 35.3 Å². The van der Waals surface area contributed by atoms with E-state index in [-0.39, 0.29) is 17.0 Å². The molecular formula is C17H16N4O3S. The van der Waals surface area contributed by atoms with Crippen LogP contribution >= 0.6 is 0 Å². The van der Waals surface area contributed by atoms with Gasteiger partial charge in [0.2, 0.25) is 10.0 Å². The molecule has 0 bridgehead atoms. The van der Waals surface area contributed by atoms with Crippen LogP contribution in [0.25, 0.3) is 11.0 Å². The molecule has 0 aliphatic rings. The maximum atomic E-state index is 12.5. The Labute approximate surface area is 145 Å². The van der Waals surface area contributed by atoms with Crippen molar-refractivity contribution < 1.29 is 13.2 Å². The summed E-state index contributed by atoms with van der Waals surface area (Å²) in [6.07, 6.45) is 2.94. The fraction of sp³-hybridized carbons (Fsp3) is 0.0588. The Morgan fingerprint density at radius 1 is 1.20 bits per heavy atom. The van der Waals surface area contributed by atoms with Crippen LogP contribution in [0, 0.1) is 0 Å². The molecule has 1 aromatic heterocycles. The molecule has 0 aliphatic carbocycles. The number of sulfonamides is 1. The van der Waals surface area contributed by atoms with Gasteiger partial charge in [-0.2, -0.15) is 0 Å². The van der Waals surface area contributed by atoms with E-state index in [1.54, 1.807) is 6.07 Å². The molecule has 0 aliphatic heterocycles. The Balaban J connectivity index is 1.85. The van der Waals surface area contributed by atoms with Gasteiger partial charge in [0.05, 0.1) is 15.9 Å². The molecule has 3 aromatic rings. The van der Waals surface area contributed by atoms with Gasteiger partial charge in [0.25, 0.3) is 5.91 Å². The SMILES string of the molecule is C=CCNS(=O)(=O)c1cccc(C(=O)Nn2cnc3ccccc32)c1. The predicted molar refractivity (Wildman–Crippen MR) is 95.3 cm³/mol. The average molecular weight is 356 g/mol. The molecule has 2 aromatic carbocycles. The van der Waals surface area contributed by atoms with E-state index in [1.807, 2.05) is 24.3 Å². The Kier molecular flexibility index (Phi) is 4.64. The molecule has 8 heteroatoms. The number of rotatable bonds is 6. The quantitative estimate of drug-likeness (QED) is 0.660. The van der Waals surface area contributed by atoms with E-state index >= 15 is 0 Å². The van der Waals surface area contributed by atoms with Crippen LogP contribution in [-0.4, -0.2) is 30.5 Å². The second-order valence-electron chi connectivity index (χ2n) is 5.21. The molecule has 128 valence electrons. The fourth-order valence-electron chi connectivity index (χ4n) is 2.28. The molecule has 0 atom stereocenters. The van der Waals surface area contributed by atoms with Crippen molar-refractivity contribution in [3.8, 4) is 0 Å². The number of aromatic nitrogens is 2. The summed E-state index contributed by atoms with van der Waals surface area (Å²) in [5.74, 6) is -0.441. The zero-order valence-electron chi connectivity index (χ0n) is 13.2. The van der Waals surface area contributed by atoms with Gasteiger partial charge in [0.1, 0.15) is 6.33 Å². The maximum Gasteiger partial charge on any atom is 0.270 e. The molecule has 0 radical (unpaired) electrons. The van der Waals surface area contributed by atoms with Gasteiger partial charge >= 0.3 is 0 Å². The summed E-state index contributed by atoms with van der Waals surface area (Å²) >= 11 is 0. The van der Waals surface area contributed by atoms with Gasteiger partial charge in [0, 0.05) is 12.1 Å². The predicted octanol–water partition coefficient (Wildman–Crippen LogP) is 1.88. The van der Waals surface area contributed by atoms with Crippen LogP contribution in [-0.2, 0) is 10.0 Å². The number of nitrogens with one attached hydrogen (secondary N) is 2. The minimum absolute atomic E-state index is 0.0116. The third-order valence-electron chi connectivity index (χ3n) is 3.50. The number of carbonyl (C=O) groups is 1. The Bertz CT molecular complexity index is 1040. The maximum absolute atomic E-state index is 12.5. The van der Waals surface area contributed by atoms with Crippen LogP contribution in [0.3, 0.4) is 0 Å². The van der Waals surface area contributed by atoms with Crippen molar-refractivity contribution in [2.45, 2.75) is 4.90 Å². The van der Waals surface area contributed by atoms with Crippen molar-refractivity contribution in [3.63, 3.8) is 0 Å². The van der Waals surface area contributed by atoms with Crippen LogP contribution in [0.1, 0.15) is 10.4 Å². The van der Waals surface area contributed by atoms with Gasteiger partial charge in [-0.3, -0.25) is 10.2 Å². The van der Waals surface area contributed by atoms with E-state index < -0.39 is 15.9 Å². The lowest BCUT2D eigenvalue weighted by Gasteiger charge is -2.09. The van der Waals surface area contributed by atoms with Gasteiger partial charge in [-0.15, -0.1) is 6.58 Å². The number of imidazole rings is 1. The summed E-state index contributed by atoms with van der Waals surface area (Å²) in [5.41, 5.74) is 4.39. The minimum atomic E-state index is -3.70. The summed E-state index contributed by atoms with van der Waals surface area (Å²) in [6.45, 7) is 3.58. The van der Waals surface area contributed by atoms with Crippen molar-refractivity contribution in [2.24, 2.45) is 0 Å². The summed E-state index contributed by atoms with van der Waals surface area (Å²) in [7, 11) is -3.70. The van der Waals surface area contributed by atoms with Gasteiger partial charge in [-0.05, 0) is 30.3 Å². The van der Waals surface area contributed by atoms with E-state index in [4.69, 9.17) is 0 Å². The molecule has 7 nitrogen and oxygen atoms in total. The minimum Gasteiger partial charge on any atom is -0.267 e. The molecule has 0 saturated heterocycles. The zero-order valence-corrected chi connectivity index (χ0v) is 14.0. The zero-order chi connectivity index (χ0) is 17.9. The molecule has 0 unspecified atom stereocenters. The first-order chi connectivity index (χ1) is 12.0. The van der Waals surface area contributed by atoms with Crippen molar-refractivity contribution in [1.82, 2.24) is 14.4 Å². The first-order valence-corrected chi connectivity index (χ1v) is 8.93. The van der Waals surface area contributed by atoms with Gasteiger partial charge in [0.15, 0.2) is 0 Å². The third kappa shape index (κ3) is 3.59. The summed E-state index contributed by atoms with van der Waals surface area (Å²) in [6, 6.07) is 13.1. The number of para-hydroxylation sites is 2. The third-order valence-corrected chi connectivity index (χ3v) is 4.92. The second-order valence-corrected chi connectivity index (χ2v) is 6.98. The Morgan fingerprint density at radius 3 is 2.80 bits per heavy atom. The molecule has 1 amide bonds. The first-order valence-electron chi connectivity index (χ1n) is 7.45. The molecule has 0 spiro atoms. The lowest BCUT2D eigenvalue weighted by molar-refractivity contribution is 0.101. The van der Waals surface area contributed by atoms with Crippen molar-refractivity contribution in [2.75, 3.05) is 12.0 Å². The average Bonchev–Trinajstić information content (AvgIpc) is 3.03. The molecule has 3 rings (SSSR count). The van der Waals surface area contributed by atoms with Crippen molar-refractivity contribution in [1.29, 1.82) is 0 Å². The van der Waals surface area contributed by atoms with Crippen LogP contribution in [0.2, 0.25) is 0 Å². The largest absolute Gasteiger partial charge is 0.270 e. The van der Waals surface area contributed by atoms with Crippen LogP contribution in [0.4, 0.5) is 0 Å². The molecule has 0 saturated carbocycles. The number of hydrogen-bond acceptors (Lipinski definition) is 4. The highest BCUT2D eigenvalue weighted by Crippen LogP contribution is 2.13.